The minimum absolute atomic E-state index is 0.521. The molecule has 2 rings (SSSR count). The minimum atomic E-state index is 0.521. The van der Waals surface area contributed by atoms with Crippen LogP contribution in [0.4, 0.5) is 0 Å². The third kappa shape index (κ3) is 2.00. The Hall–Kier alpha value is -2.15. The molecule has 0 aliphatic heterocycles. The summed E-state index contributed by atoms with van der Waals surface area (Å²) >= 11 is 0. The number of hydrogen-bond donors (Lipinski definition) is 0. The van der Waals surface area contributed by atoms with E-state index in [-0.39, 0.29) is 0 Å². The summed E-state index contributed by atoms with van der Waals surface area (Å²) in [6, 6.07) is 6.11. The average molecular weight is 244 g/mol. The SMILES string of the molecule is COc1cc2c(CCC#N)cn(C)c2cc1OC. The molecule has 4 nitrogen and oxygen atoms in total. The zero-order chi connectivity index (χ0) is 13.1. The zero-order valence-corrected chi connectivity index (χ0v) is 10.9. The summed E-state index contributed by atoms with van der Waals surface area (Å²) in [4.78, 5) is 0. The molecule has 0 radical (unpaired) electrons. The second-order valence-corrected chi connectivity index (χ2v) is 4.15. The van der Waals surface area contributed by atoms with Gasteiger partial charge in [0.15, 0.2) is 11.5 Å². The predicted octanol–water partition coefficient (Wildman–Crippen LogP) is 2.65. The number of aryl methyl sites for hydroxylation is 2. The van der Waals surface area contributed by atoms with E-state index in [1.54, 1.807) is 14.2 Å². The molecule has 0 bridgehead atoms. The van der Waals surface area contributed by atoms with Crippen molar-refractivity contribution in [1.29, 1.82) is 5.26 Å². The minimum Gasteiger partial charge on any atom is -0.493 e. The molecule has 4 heteroatoms. The fourth-order valence-corrected chi connectivity index (χ4v) is 2.18. The van der Waals surface area contributed by atoms with Crippen molar-refractivity contribution in [3.8, 4) is 17.6 Å². The molecule has 0 fully saturated rings. The van der Waals surface area contributed by atoms with Gasteiger partial charge in [0.2, 0.25) is 0 Å². The number of nitrogens with zero attached hydrogens (tertiary/aromatic N) is 2. The number of rotatable bonds is 4. The van der Waals surface area contributed by atoms with Crippen LogP contribution in [0.25, 0.3) is 10.9 Å². The normalized spacial score (nSPS) is 10.3. The molecule has 94 valence electrons. The summed E-state index contributed by atoms with van der Waals surface area (Å²) < 4.78 is 12.7. The number of benzene rings is 1. The van der Waals surface area contributed by atoms with Crippen molar-refractivity contribution in [3.05, 3.63) is 23.9 Å². The van der Waals surface area contributed by atoms with Crippen molar-refractivity contribution in [3.63, 3.8) is 0 Å². The first kappa shape index (κ1) is 12.3. The first-order valence-electron chi connectivity index (χ1n) is 5.78. The number of aromatic nitrogens is 1. The number of ether oxygens (including phenoxy) is 2. The van der Waals surface area contributed by atoms with Crippen molar-refractivity contribution in [2.75, 3.05) is 14.2 Å². The molecule has 2 aromatic rings. The molecule has 1 aromatic heterocycles. The van der Waals surface area contributed by atoms with E-state index in [9.17, 15) is 0 Å². The Morgan fingerprint density at radius 3 is 2.50 bits per heavy atom. The molecule has 0 spiro atoms. The summed E-state index contributed by atoms with van der Waals surface area (Å²) in [6.45, 7) is 0. The predicted molar refractivity (Wildman–Crippen MR) is 70.0 cm³/mol. The van der Waals surface area contributed by atoms with Crippen LogP contribution < -0.4 is 9.47 Å². The second-order valence-electron chi connectivity index (χ2n) is 4.15. The maximum absolute atomic E-state index is 8.69. The van der Waals surface area contributed by atoms with E-state index in [4.69, 9.17) is 14.7 Å². The summed E-state index contributed by atoms with van der Waals surface area (Å²) in [5.41, 5.74) is 2.25. The molecule has 1 heterocycles. The van der Waals surface area contributed by atoms with Gasteiger partial charge in [-0.25, -0.2) is 0 Å². The Balaban J connectivity index is 2.59. The molecule has 0 saturated heterocycles. The lowest BCUT2D eigenvalue weighted by Crippen LogP contribution is -1.91. The van der Waals surface area contributed by atoms with E-state index < -0.39 is 0 Å². The Labute approximate surface area is 106 Å². The molecule has 0 saturated carbocycles. The van der Waals surface area contributed by atoms with Crippen LogP contribution in [0.15, 0.2) is 18.3 Å². The second kappa shape index (κ2) is 5.01. The average Bonchev–Trinajstić information content (AvgIpc) is 2.71. The topological polar surface area (TPSA) is 47.2 Å². The molecular formula is C14H16N2O2. The molecule has 0 N–H and O–H groups in total. The standard InChI is InChI=1S/C14H16N2O2/c1-16-9-10(5-4-6-15)11-7-13(17-2)14(18-3)8-12(11)16/h7-9H,4-5H2,1-3H3. The molecule has 0 unspecified atom stereocenters. The molecule has 0 aliphatic rings. The van der Waals surface area contributed by atoms with E-state index in [0.717, 1.165) is 34.4 Å². The zero-order valence-electron chi connectivity index (χ0n) is 10.9. The molecule has 0 atom stereocenters. The van der Waals surface area contributed by atoms with Gasteiger partial charge in [0.25, 0.3) is 0 Å². The van der Waals surface area contributed by atoms with Gasteiger partial charge >= 0.3 is 0 Å². The Kier molecular flexibility index (Phi) is 3.42. The molecule has 18 heavy (non-hydrogen) atoms. The van der Waals surface area contributed by atoms with Crippen LogP contribution in [0.5, 0.6) is 11.5 Å². The van der Waals surface area contributed by atoms with Crippen LogP contribution in [-0.4, -0.2) is 18.8 Å². The lowest BCUT2D eigenvalue weighted by atomic mass is 10.1. The van der Waals surface area contributed by atoms with Crippen LogP contribution in [0, 0.1) is 11.3 Å². The molecular weight excluding hydrogens is 228 g/mol. The number of fused-ring (bicyclic) bond motifs is 1. The highest BCUT2D eigenvalue weighted by molar-refractivity contribution is 5.87. The van der Waals surface area contributed by atoms with Gasteiger partial charge in [-0.15, -0.1) is 0 Å². The number of nitriles is 1. The van der Waals surface area contributed by atoms with Gasteiger partial charge in [0.1, 0.15) is 0 Å². The quantitative estimate of drug-likeness (QED) is 0.830. The summed E-state index contributed by atoms with van der Waals surface area (Å²) in [5.74, 6) is 1.44. The largest absolute Gasteiger partial charge is 0.493 e. The number of hydrogen-bond acceptors (Lipinski definition) is 3. The monoisotopic (exact) mass is 244 g/mol. The van der Waals surface area contributed by atoms with Crippen molar-refractivity contribution in [1.82, 2.24) is 4.57 Å². The van der Waals surface area contributed by atoms with Crippen molar-refractivity contribution < 1.29 is 9.47 Å². The first-order valence-corrected chi connectivity index (χ1v) is 5.78. The van der Waals surface area contributed by atoms with Gasteiger partial charge in [0, 0.05) is 31.1 Å². The highest BCUT2D eigenvalue weighted by Crippen LogP contribution is 2.34. The van der Waals surface area contributed by atoms with Gasteiger partial charge in [-0.05, 0) is 18.1 Å². The van der Waals surface area contributed by atoms with Crippen LogP contribution in [0.2, 0.25) is 0 Å². The fraction of sp³-hybridized carbons (Fsp3) is 0.357. The smallest absolute Gasteiger partial charge is 0.162 e. The first-order chi connectivity index (χ1) is 8.71. The Morgan fingerprint density at radius 1 is 1.22 bits per heavy atom. The third-order valence-corrected chi connectivity index (χ3v) is 3.08. The fourth-order valence-electron chi connectivity index (χ4n) is 2.18. The van der Waals surface area contributed by atoms with Crippen LogP contribution in [-0.2, 0) is 13.5 Å². The third-order valence-electron chi connectivity index (χ3n) is 3.08. The van der Waals surface area contributed by atoms with Crippen molar-refractivity contribution >= 4 is 10.9 Å². The van der Waals surface area contributed by atoms with Gasteiger partial charge in [-0.1, -0.05) is 0 Å². The summed E-state index contributed by atoms with van der Waals surface area (Å²) in [7, 11) is 5.24. The van der Waals surface area contributed by atoms with Crippen LogP contribution in [0.1, 0.15) is 12.0 Å². The van der Waals surface area contributed by atoms with E-state index in [1.165, 1.54) is 0 Å². The van der Waals surface area contributed by atoms with Crippen LogP contribution >= 0.6 is 0 Å². The summed E-state index contributed by atoms with van der Waals surface area (Å²) in [6.07, 6.45) is 3.33. The lowest BCUT2D eigenvalue weighted by molar-refractivity contribution is 0.355. The maximum atomic E-state index is 8.69. The van der Waals surface area contributed by atoms with Gasteiger partial charge in [-0.3, -0.25) is 0 Å². The molecule has 0 aliphatic carbocycles. The lowest BCUT2D eigenvalue weighted by Gasteiger charge is -2.08. The van der Waals surface area contributed by atoms with E-state index in [2.05, 4.69) is 12.3 Å². The van der Waals surface area contributed by atoms with Gasteiger partial charge < -0.3 is 14.0 Å². The summed E-state index contributed by atoms with van der Waals surface area (Å²) in [5, 5.41) is 9.80. The Morgan fingerprint density at radius 2 is 1.89 bits per heavy atom. The van der Waals surface area contributed by atoms with Crippen molar-refractivity contribution in [2.24, 2.45) is 7.05 Å². The van der Waals surface area contributed by atoms with Gasteiger partial charge in [0.05, 0.1) is 25.8 Å². The van der Waals surface area contributed by atoms with E-state index in [1.807, 2.05) is 23.7 Å². The Bertz CT molecular complexity index is 608. The van der Waals surface area contributed by atoms with E-state index >= 15 is 0 Å². The van der Waals surface area contributed by atoms with Gasteiger partial charge in [-0.2, -0.15) is 5.26 Å². The van der Waals surface area contributed by atoms with Crippen molar-refractivity contribution in [2.45, 2.75) is 12.8 Å². The molecule has 0 amide bonds. The highest BCUT2D eigenvalue weighted by atomic mass is 16.5. The van der Waals surface area contributed by atoms with Crippen LogP contribution in [0.3, 0.4) is 0 Å². The highest BCUT2D eigenvalue weighted by Gasteiger charge is 2.12. The maximum Gasteiger partial charge on any atom is 0.162 e. The van der Waals surface area contributed by atoms with E-state index in [0.29, 0.717) is 6.42 Å². The number of methoxy groups -OCH3 is 2. The molecule has 1 aromatic carbocycles.